The van der Waals surface area contributed by atoms with Gasteiger partial charge in [-0.3, -0.25) is 18.7 Å². The Morgan fingerprint density at radius 2 is 1.73 bits per heavy atom. The normalized spacial score (nSPS) is 13.7. The van der Waals surface area contributed by atoms with E-state index in [1.165, 1.54) is 4.90 Å². The molecule has 0 fully saturated rings. The third kappa shape index (κ3) is 7.05. The van der Waals surface area contributed by atoms with Crippen molar-refractivity contribution in [1.82, 2.24) is 4.90 Å². The lowest BCUT2D eigenvalue weighted by molar-refractivity contribution is -0.137. The van der Waals surface area contributed by atoms with Crippen LogP contribution >= 0.6 is 11.6 Å². The number of benzene rings is 3. The number of aryl methyl sites for hydroxylation is 1. The van der Waals surface area contributed by atoms with Gasteiger partial charge in [0.05, 0.1) is 28.9 Å². The van der Waals surface area contributed by atoms with E-state index in [2.05, 4.69) is 10.6 Å². The van der Waals surface area contributed by atoms with E-state index in [9.17, 15) is 22.8 Å². The molecule has 214 valence electrons. The first-order chi connectivity index (χ1) is 19.3. The topological polar surface area (TPSA) is 136 Å². The Kier molecular flexibility index (Phi) is 8.69. The van der Waals surface area contributed by atoms with Crippen molar-refractivity contribution in [1.29, 1.82) is 0 Å². The molecule has 0 spiro atoms. The number of carbonyl (C=O) groups is 3. The first kappa shape index (κ1) is 29.6. The summed E-state index contributed by atoms with van der Waals surface area (Å²) in [5.74, 6) is -1.63. The van der Waals surface area contributed by atoms with Gasteiger partial charge in [-0.15, -0.1) is 0 Å². The van der Waals surface area contributed by atoms with Gasteiger partial charge < -0.3 is 20.6 Å². The molecule has 0 saturated carbocycles. The van der Waals surface area contributed by atoms with Crippen LogP contribution in [0.1, 0.15) is 23.1 Å². The molecule has 0 atom stereocenters. The number of carboxylic acids is 1. The molecule has 2 amide bonds. The largest absolute Gasteiger partial charge is 0.481 e. The number of carboxylic acid groups (broad SMARTS) is 1. The van der Waals surface area contributed by atoms with E-state index in [4.69, 9.17) is 16.7 Å². The summed E-state index contributed by atoms with van der Waals surface area (Å²) in [7, 11) is -0.652. The second kappa shape index (κ2) is 12.0. The van der Waals surface area contributed by atoms with Crippen LogP contribution in [-0.2, 0) is 30.8 Å². The van der Waals surface area contributed by atoms with Gasteiger partial charge >= 0.3 is 5.97 Å². The SMILES string of the molecule is CN(C)C(=O)CN(c1ccc(N/C(=C2\C(=O)Nc3cc(Cl)ccc32)c2cccc(CCC(=O)O)c2)cc1)S(C)(=O)=O. The maximum absolute atomic E-state index is 13.2. The number of nitrogens with zero attached hydrogens (tertiary/aromatic N) is 2. The summed E-state index contributed by atoms with van der Waals surface area (Å²) in [6.07, 6.45) is 1.30. The minimum absolute atomic E-state index is 0.0424. The number of carbonyl (C=O) groups excluding carboxylic acids is 2. The van der Waals surface area contributed by atoms with Crippen molar-refractivity contribution in [2.75, 3.05) is 41.8 Å². The molecular formula is C29H29ClN4O6S. The molecule has 0 bridgehead atoms. The third-order valence-corrected chi connectivity index (χ3v) is 7.80. The lowest BCUT2D eigenvalue weighted by Gasteiger charge is -2.24. The Balaban J connectivity index is 1.76. The van der Waals surface area contributed by atoms with Gasteiger partial charge in [0.2, 0.25) is 15.9 Å². The smallest absolute Gasteiger partial charge is 0.303 e. The molecule has 1 aliphatic heterocycles. The molecule has 0 unspecified atom stereocenters. The Morgan fingerprint density at radius 3 is 2.37 bits per heavy atom. The van der Waals surface area contributed by atoms with Crippen molar-refractivity contribution in [2.24, 2.45) is 0 Å². The number of fused-ring (bicyclic) bond motifs is 1. The molecule has 41 heavy (non-hydrogen) atoms. The quantitative estimate of drug-likeness (QED) is 0.299. The zero-order chi connectivity index (χ0) is 29.9. The summed E-state index contributed by atoms with van der Waals surface area (Å²) in [6, 6.07) is 18.8. The molecule has 3 aromatic rings. The van der Waals surface area contributed by atoms with Gasteiger partial charge in [0.1, 0.15) is 6.54 Å². The molecule has 1 aliphatic rings. The van der Waals surface area contributed by atoms with E-state index in [0.717, 1.165) is 16.1 Å². The van der Waals surface area contributed by atoms with Crippen LogP contribution in [-0.4, -0.2) is 63.1 Å². The van der Waals surface area contributed by atoms with Gasteiger partial charge in [0, 0.05) is 36.8 Å². The Bertz CT molecular complexity index is 1650. The zero-order valence-electron chi connectivity index (χ0n) is 22.6. The van der Waals surface area contributed by atoms with Crippen molar-refractivity contribution in [3.63, 3.8) is 0 Å². The highest BCUT2D eigenvalue weighted by molar-refractivity contribution is 7.92. The molecule has 3 aromatic carbocycles. The fourth-order valence-corrected chi connectivity index (χ4v) is 5.35. The van der Waals surface area contributed by atoms with E-state index < -0.39 is 16.0 Å². The predicted octanol–water partition coefficient (Wildman–Crippen LogP) is 4.14. The molecule has 0 aliphatic carbocycles. The fourth-order valence-electron chi connectivity index (χ4n) is 4.33. The zero-order valence-corrected chi connectivity index (χ0v) is 24.2. The molecule has 12 heteroatoms. The van der Waals surface area contributed by atoms with Crippen LogP contribution in [0.4, 0.5) is 17.1 Å². The van der Waals surface area contributed by atoms with Crippen LogP contribution in [0.5, 0.6) is 0 Å². The minimum atomic E-state index is -3.75. The van der Waals surface area contributed by atoms with Gasteiger partial charge in [0.15, 0.2) is 0 Å². The van der Waals surface area contributed by atoms with Crippen LogP contribution in [0.15, 0.2) is 66.7 Å². The van der Waals surface area contributed by atoms with Gasteiger partial charge in [-0.05, 0) is 60.0 Å². The van der Waals surface area contributed by atoms with Gasteiger partial charge in [0.25, 0.3) is 5.91 Å². The Hall–Kier alpha value is -4.35. The number of anilines is 3. The molecule has 0 aromatic heterocycles. The van der Waals surface area contributed by atoms with Crippen LogP contribution in [0, 0.1) is 0 Å². The predicted molar refractivity (Wildman–Crippen MR) is 160 cm³/mol. The number of hydrogen-bond donors (Lipinski definition) is 3. The second-order valence-electron chi connectivity index (χ2n) is 9.72. The Labute approximate surface area is 243 Å². The van der Waals surface area contributed by atoms with E-state index in [1.54, 1.807) is 62.6 Å². The van der Waals surface area contributed by atoms with Crippen molar-refractivity contribution >= 4 is 67.7 Å². The van der Waals surface area contributed by atoms with Crippen molar-refractivity contribution in [2.45, 2.75) is 12.8 Å². The fraction of sp³-hybridized carbons (Fsp3) is 0.207. The van der Waals surface area contributed by atoms with Crippen molar-refractivity contribution in [3.8, 4) is 0 Å². The van der Waals surface area contributed by atoms with Gasteiger partial charge in [-0.2, -0.15) is 0 Å². The average Bonchev–Trinajstić information content (AvgIpc) is 3.23. The summed E-state index contributed by atoms with van der Waals surface area (Å²) in [4.78, 5) is 37.9. The van der Waals surface area contributed by atoms with E-state index in [0.29, 0.717) is 50.9 Å². The molecule has 0 radical (unpaired) electrons. The number of amides is 2. The highest BCUT2D eigenvalue weighted by Gasteiger charge is 2.29. The standard InChI is InChI=1S/C29H29ClN4O6S/c1-33(2)25(35)17-34(41(3,39)40)22-11-9-21(10-12-22)31-28(19-6-4-5-18(15-19)7-14-26(36)37)27-23-13-8-20(30)16-24(23)32-29(27)38/h4-6,8-13,15-16,31H,7,14,17H2,1-3H3,(H,32,38)(H,36,37)/b28-27-. The van der Waals surface area contributed by atoms with Gasteiger partial charge in [-0.1, -0.05) is 35.9 Å². The molecule has 10 nitrogen and oxygen atoms in total. The average molecular weight is 597 g/mol. The number of sulfonamides is 1. The number of aliphatic carboxylic acids is 1. The van der Waals surface area contributed by atoms with E-state index in [-0.39, 0.29) is 24.8 Å². The van der Waals surface area contributed by atoms with E-state index >= 15 is 0 Å². The van der Waals surface area contributed by atoms with Crippen LogP contribution in [0.25, 0.3) is 11.3 Å². The summed E-state index contributed by atoms with van der Waals surface area (Å²) >= 11 is 6.15. The summed E-state index contributed by atoms with van der Waals surface area (Å²) < 4.78 is 25.9. The maximum Gasteiger partial charge on any atom is 0.303 e. The number of nitrogens with one attached hydrogen (secondary N) is 2. The van der Waals surface area contributed by atoms with Crippen LogP contribution < -0.4 is 14.9 Å². The maximum atomic E-state index is 13.2. The highest BCUT2D eigenvalue weighted by atomic mass is 35.5. The highest BCUT2D eigenvalue weighted by Crippen LogP contribution is 2.39. The Morgan fingerprint density at radius 1 is 1.02 bits per heavy atom. The molecule has 4 rings (SSSR count). The number of halogens is 1. The van der Waals surface area contributed by atoms with Crippen LogP contribution in [0.2, 0.25) is 5.02 Å². The lowest BCUT2D eigenvalue weighted by Crippen LogP contribution is -2.39. The lowest BCUT2D eigenvalue weighted by atomic mass is 9.97. The molecular weight excluding hydrogens is 568 g/mol. The first-order valence-electron chi connectivity index (χ1n) is 12.5. The third-order valence-electron chi connectivity index (χ3n) is 6.42. The number of likely N-dealkylation sites (N-methyl/N-ethyl adjacent to an activating group) is 1. The number of rotatable bonds is 10. The van der Waals surface area contributed by atoms with Crippen molar-refractivity contribution in [3.05, 3.63) is 88.4 Å². The first-order valence-corrected chi connectivity index (χ1v) is 14.8. The van der Waals surface area contributed by atoms with Crippen LogP contribution in [0.3, 0.4) is 0 Å². The monoisotopic (exact) mass is 596 g/mol. The summed E-state index contributed by atoms with van der Waals surface area (Å²) in [5, 5.41) is 15.7. The summed E-state index contributed by atoms with van der Waals surface area (Å²) in [5.41, 5.74) is 4.32. The molecule has 3 N–H and O–H groups in total. The van der Waals surface area contributed by atoms with Gasteiger partial charge in [-0.25, -0.2) is 8.42 Å². The summed E-state index contributed by atoms with van der Waals surface area (Å²) in [6.45, 7) is -0.351. The minimum Gasteiger partial charge on any atom is -0.481 e. The van der Waals surface area contributed by atoms with E-state index in [1.807, 2.05) is 18.2 Å². The van der Waals surface area contributed by atoms with Crippen molar-refractivity contribution < 1.29 is 27.9 Å². The second-order valence-corrected chi connectivity index (χ2v) is 12.1. The number of hydrogen-bond acceptors (Lipinski definition) is 6. The molecule has 1 heterocycles. The molecule has 0 saturated heterocycles.